The van der Waals surface area contributed by atoms with Crippen LogP contribution in [0.4, 0.5) is 9.80 Å². The Kier molecular flexibility index (Phi) is 5.09. The number of rotatable bonds is 4. The zero-order valence-electron chi connectivity index (χ0n) is 11.6. The monoisotopic (exact) mass is 300 g/mol. The molecule has 0 aliphatic heterocycles. The number of aryl methyl sites for hydroxylation is 1. The predicted octanol–water partition coefficient (Wildman–Crippen LogP) is 1.75. The van der Waals surface area contributed by atoms with E-state index in [1.807, 2.05) is 0 Å². The van der Waals surface area contributed by atoms with Crippen LogP contribution in [-0.2, 0) is 9.53 Å². The molecule has 0 aliphatic rings. The van der Waals surface area contributed by atoms with E-state index < -0.39 is 24.0 Å². The molecule has 20 heavy (non-hydrogen) atoms. The maximum atomic E-state index is 11.7. The first-order valence-electron chi connectivity index (χ1n) is 5.76. The van der Waals surface area contributed by atoms with Crippen molar-refractivity contribution in [2.75, 3.05) is 12.4 Å². The zero-order chi connectivity index (χ0) is 15.4. The average Bonchev–Trinajstić information content (AvgIpc) is 2.63. The number of carboxylic acids is 1. The number of aromatic carboxylic acids is 1. The van der Waals surface area contributed by atoms with Gasteiger partial charge >= 0.3 is 18.0 Å². The van der Waals surface area contributed by atoms with Gasteiger partial charge in [-0.1, -0.05) is 0 Å². The van der Waals surface area contributed by atoms with Gasteiger partial charge in [-0.15, -0.1) is 11.3 Å². The van der Waals surface area contributed by atoms with Gasteiger partial charge in [-0.25, -0.2) is 14.4 Å². The number of urea groups is 1. The van der Waals surface area contributed by atoms with Crippen LogP contribution in [0.3, 0.4) is 0 Å². The largest absolute Gasteiger partial charge is 0.478 e. The quantitative estimate of drug-likeness (QED) is 0.735. The number of hydrogen-bond donors (Lipinski definition) is 3. The molecule has 0 saturated heterocycles. The highest BCUT2D eigenvalue weighted by molar-refractivity contribution is 7.16. The van der Waals surface area contributed by atoms with Gasteiger partial charge in [0, 0.05) is 4.88 Å². The number of amides is 2. The van der Waals surface area contributed by atoms with Crippen LogP contribution in [0.25, 0.3) is 0 Å². The molecule has 3 N–H and O–H groups in total. The van der Waals surface area contributed by atoms with Crippen LogP contribution in [-0.4, -0.2) is 36.2 Å². The Bertz CT molecular complexity index is 552. The van der Waals surface area contributed by atoms with Crippen LogP contribution < -0.4 is 10.6 Å². The van der Waals surface area contributed by atoms with Crippen molar-refractivity contribution in [2.45, 2.75) is 26.8 Å². The van der Waals surface area contributed by atoms with Gasteiger partial charge in [-0.3, -0.25) is 5.32 Å². The lowest BCUT2D eigenvalue weighted by atomic mass is 10.1. The van der Waals surface area contributed by atoms with Crippen molar-refractivity contribution in [3.8, 4) is 0 Å². The van der Waals surface area contributed by atoms with E-state index in [0.717, 1.165) is 4.88 Å². The van der Waals surface area contributed by atoms with Crippen molar-refractivity contribution in [2.24, 2.45) is 0 Å². The lowest BCUT2D eigenvalue weighted by molar-refractivity contribution is -0.142. The molecule has 1 rings (SSSR count). The number of nitrogens with one attached hydrogen (secondary N) is 2. The smallest absolute Gasteiger partial charge is 0.338 e. The summed E-state index contributed by atoms with van der Waals surface area (Å²) in [6.45, 7) is 4.91. The second kappa shape index (κ2) is 6.38. The fourth-order valence-corrected chi connectivity index (χ4v) is 2.59. The normalized spacial score (nSPS) is 11.6. The van der Waals surface area contributed by atoms with Gasteiger partial charge in [-0.2, -0.15) is 0 Å². The Morgan fingerprint density at radius 3 is 2.40 bits per heavy atom. The van der Waals surface area contributed by atoms with Crippen molar-refractivity contribution in [1.29, 1.82) is 0 Å². The molecule has 1 heterocycles. The molecule has 110 valence electrons. The van der Waals surface area contributed by atoms with Gasteiger partial charge in [0.2, 0.25) is 0 Å². The van der Waals surface area contributed by atoms with Gasteiger partial charge in [0.1, 0.15) is 11.0 Å². The van der Waals surface area contributed by atoms with Gasteiger partial charge in [0.25, 0.3) is 0 Å². The van der Waals surface area contributed by atoms with Crippen LogP contribution in [0.2, 0.25) is 0 Å². The first-order valence-corrected chi connectivity index (χ1v) is 6.58. The summed E-state index contributed by atoms with van der Waals surface area (Å²) < 4.78 is 4.48. The van der Waals surface area contributed by atoms with E-state index in [4.69, 9.17) is 5.11 Å². The number of hydrogen-bond acceptors (Lipinski definition) is 5. The second-order valence-corrected chi connectivity index (χ2v) is 5.36. The number of carboxylic acid groups (broad SMARTS) is 1. The van der Waals surface area contributed by atoms with Crippen LogP contribution in [0.15, 0.2) is 0 Å². The maximum Gasteiger partial charge on any atom is 0.338 e. The highest BCUT2D eigenvalue weighted by Crippen LogP contribution is 2.32. The molecule has 0 aromatic carbocycles. The molecule has 0 spiro atoms. The van der Waals surface area contributed by atoms with E-state index in [1.54, 1.807) is 13.8 Å². The van der Waals surface area contributed by atoms with Crippen molar-refractivity contribution in [3.63, 3.8) is 0 Å². The fraction of sp³-hybridized carbons (Fsp3) is 0.417. The van der Waals surface area contributed by atoms with Crippen molar-refractivity contribution < 1.29 is 24.2 Å². The Morgan fingerprint density at radius 1 is 1.30 bits per heavy atom. The molecular formula is C12H16N2O5S. The standard InChI is InChI=1S/C12H16N2O5S/c1-5-7(3)20-9(8(5)10(15)16)14-12(18)13-6(2)11(17)19-4/h6H,1-4H3,(H,15,16)(H2,13,14,18). The summed E-state index contributed by atoms with van der Waals surface area (Å²) in [5, 5.41) is 14.2. The molecule has 0 saturated carbocycles. The van der Waals surface area contributed by atoms with Crippen LogP contribution in [0.5, 0.6) is 0 Å². The Morgan fingerprint density at radius 2 is 1.90 bits per heavy atom. The Balaban J connectivity index is 2.84. The third kappa shape index (κ3) is 3.47. The molecule has 1 atom stereocenters. The molecule has 7 nitrogen and oxygen atoms in total. The zero-order valence-corrected chi connectivity index (χ0v) is 12.4. The van der Waals surface area contributed by atoms with E-state index in [9.17, 15) is 14.4 Å². The summed E-state index contributed by atoms with van der Waals surface area (Å²) >= 11 is 1.17. The van der Waals surface area contributed by atoms with Gasteiger partial charge in [-0.05, 0) is 26.3 Å². The minimum atomic E-state index is -1.11. The minimum Gasteiger partial charge on any atom is -0.478 e. The SMILES string of the molecule is COC(=O)C(C)NC(=O)Nc1sc(C)c(C)c1C(=O)O. The molecule has 1 aromatic rings. The van der Waals surface area contributed by atoms with Crippen LogP contribution in [0, 0.1) is 13.8 Å². The minimum absolute atomic E-state index is 0.0633. The topological polar surface area (TPSA) is 105 Å². The molecule has 0 aliphatic carbocycles. The average molecular weight is 300 g/mol. The number of esters is 1. The molecule has 0 bridgehead atoms. The third-order valence-electron chi connectivity index (χ3n) is 2.73. The highest BCUT2D eigenvalue weighted by Gasteiger charge is 2.22. The molecular weight excluding hydrogens is 284 g/mol. The number of anilines is 1. The van der Waals surface area contributed by atoms with Crippen molar-refractivity contribution in [3.05, 3.63) is 16.0 Å². The fourth-order valence-electron chi connectivity index (χ4n) is 1.54. The first kappa shape index (κ1) is 16.0. The molecule has 1 aromatic heterocycles. The van der Waals surface area contributed by atoms with Crippen LogP contribution >= 0.6 is 11.3 Å². The van der Waals surface area contributed by atoms with Crippen molar-refractivity contribution >= 4 is 34.3 Å². The molecule has 2 amide bonds. The number of thiophene rings is 1. The molecule has 0 radical (unpaired) electrons. The van der Waals surface area contributed by atoms with E-state index >= 15 is 0 Å². The summed E-state index contributed by atoms with van der Waals surface area (Å²) in [6.07, 6.45) is 0. The predicted molar refractivity (Wildman–Crippen MR) is 74.4 cm³/mol. The maximum absolute atomic E-state index is 11.7. The molecule has 1 unspecified atom stereocenters. The number of methoxy groups -OCH3 is 1. The van der Waals surface area contributed by atoms with Gasteiger partial charge in [0.05, 0.1) is 12.7 Å². The number of ether oxygens (including phenoxy) is 1. The second-order valence-electron chi connectivity index (χ2n) is 4.14. The highest BCUT2D eigenvalue weighted by atomic mass is 32.1. The lowest BCUT2D eigenvalue weighted by Gasteiger charge is -2.12. The summed E-state index contributed by atoms with van der Waals surface area (Å²) in [5.74, 6) is -1.69. The van der Waals surface area contributed by atoms with Crippen LogP contribution in [0.1, 0.15) is 27.7 Å². The summed E-state index contributed by atoms with van der Waals surface area (Å²) in [6, 6.07) is -1.48. The lowest BCUT2D eigenvalue weighted by Crippen LogP contribution is -2.41. The number of carbonyl (C=O) groups is 3. The van der Waals surface area contributed by atoms with Crippen molar-refractivity contribution in [1.82, 2.24) is 5.32 Å². The van der Waals surface area contributed by atoms with E-state index in [0.29, 0.717) is 5.56 Å². The first-order chi connectivity index (χ1) is 9.27. The van der Waals surface area contributed by atoms with E-state index in [-0.39, 0.29) is 10.6 Å². The van der Waals surface area contributed by atoms with Gasteiger partial charge in [0.15, 0.2) is 0 Å². The van der Waals surface area contributed by atoms with Gasteiger partial charge < -0.3 is 15.2 Å². The Hall–Kier alpha value is -2.09. The molecule has 0 fully saturated rings. The third-order valence-corrected chi connectivity index (χ3v) is 3.85. The van der Waals surface area contributed by atoms with E-state index in [1.165, 1.54) is 25.4 Å². The van der Waals surface area contributed by atoms with E-state index in [2.05, 4.69) is 15.4 Å². The summed E-state index contributed by atoms with van der Waals surface area (Å²) in [4.78, 5) is 34.9. The molecule has 8 heteroatoms. The summed E-state index contributed by atoms with van der Waals surface area (Å²) in [5.41, 5.74) is 0.673. The Labute approximate surface area is 119 Å². The number of carbonyl (C=O) groups excluding carboxylic acids is 2. The summed E-state index contributed by atoms with van der Waals surface area (Å²) in [7, 11) is 1.22.